The summed E-state index contributed by atoms with van der Waals surface area (Å²) in [6, 6.07) is 9.90. The molecule has 0 bridgehead atoms. The molecule has 6 nitrogen and oxygen atoms in total. The normalized spacial score (nSPS) is 12.5. The van der Waals surface area contributed by atoms with E-state index in [4.69, 9.17) is 4.74 Å². The van der Waals surface area contributed by atoms with Crippen molar-refractivity contribution in [2.24, 2.45) is 5.41 Å². The largest absolute Gasteiger partial charge is 0.484 e. The molecule has 2 aromatic rings. The van der Waals surface area contributed by atoms with Crippen LogP contribution in [0.1, 0.15) is 41.0 Å². The van der Waals surface area contributed by atoms with Gasteiger partial charge in [0.2, 0.25) is 0 Å². The van der Waals surface area contributed by atoms with E-state index in [-0.39, 0.29) is 27.7 Å². The van der Waals surface area contributed by atoms with E-state index in [0.29, 0.717) is 11.4 Å². The van der Waals surface area contributed by atoms with E-state index in [2.05, 4.69) is 26.1 Å². The zero-order valence-corrected chi connectivity index (χ0v) is 19.5. The van der Waals surface area contributed by atoms with Crippen LogP contribution in [-0.2, 0) is 14.8 Å². The lowest BCUT2D eigenvalue weighted by atomic mass is 9.82. The molecule has 160 valence electrons. The molecule has 0 aliphatic rings. The first kappa shape index (κ1) is 23.2. The summed E-state index contributed by atoms with van der Waals surface area (Å²) in [5.74, 6) is 0.306. The third kappa shape index (κ3) is 6.75. The minimum Gasteiger partial charge on any atom is -0.484 e. The maximum Gasteiger partial charge on any atom is 0.273 e. The molecule has 2 rings (SSSR count). The van der Waals surface area contributed by atoms with Crippen molar-refractivity contribution in [3.63, 3.8) is 0 Å². The maximum absolute atomic E-state index is 12.6. The number of ether oxygens (including phenoxy) is 1. The standard InChI is InChI=1S/C21H30N2O4S2/c1-20(2,3)15-21(4,5)22-18(24)14-27-17-11-9-16(10-12-17)23(6)29(25,26)19-8-7-13-28-19/h7-13H,14-15H2,1-6H3,(H,22,24). The number of benzene rings is 1. The van der Waals surface area contributed by atoms with E-state index in [1.54, 1.807) is 41.8 Å². The van der Waals surface area contributed by atoms with Gasteiger partial charge >= 0.3 is 0 Å². The van der Waals surface area contributed by atoms with Gasteiger partial charge in [-0.2, -0.15) is 0 Å². The van der Waals surface area contributed by atoms with Crippen LogP contribution in [0.2, 0.25) is 0 Å². The SMILES string of the molecule is CN(c1ccc(OCC(=O)NC(C)(C)CC(C)(C)C)cc1)S(=O)(=O)c1cccs1. The molecule has 0 saturated carbocycles. The number of nitrogens with zero attached hydrogens (tertiary/aromatic N) is 1. The smallest absolute Gasteiger partial charge is 0.273 e. The highest BCUT2D eigenvalue weighted by Gasteiger charge is 2.27. The fraction of sp³-hybridized carbons (Fsp3) is 0.476. The molecule has 0 atom stereocenters. The van der Waals surface area contributed by atoms with Crippen LogP contribution in [0, 0.1) is 5.41 Å². The molecular formula is C21H30N2O4S2. The van der Waals surface area contributed by atoms with Gasteiger partial charge in [-0.1, -0.05) is 26.8 Å². The first-order valence-electron chi connectivity index (χ1n) is 9.36. The third-order valence-electron chi connectivity index (χ3n) is 4.13. The number of carbonyl (C=O) groups excluding carboxylic acids is 1. The molecule has 1 amide bonds. The highest BCUT2D eigenvalue weighted by atomic mass is 32.2. The Balaban J connectivity index is 1.95. The molecule has 0 saturated heterocycles. The number of anilines is 1. The van der Waals surface area contributed by atoms with Crippen molar-refractivity contribution in [1.82, 2.24) is 5.32 Å². The second-order valence-electron chi connectivity index (χ2n) is 8.86. The van der Waals surface area contributed by atoms with Gasteiger partial charge in [-0.15, -0.1) is 11.3 Å². The minimum absolute atomic E-state index is 0.100. The van der Waals surface area contributed by atoms with Crippen LogP contribution in [0.25, 0.3) is 0 Å². The fourth-order valence-electron chi connectivity index (χ4n) is 3.37. The van der Waals surface area contributed by atoms with Gasteiger partial charge in [-0.3, -0.25) is 9.10 Å². The summed E-state index contributed by atoms with van der Waals surface area (Å²) >= 11 is 1.18. The molecule has 1 aromatic carbocycles. The van der Waals surface area contributed by atoms with Gasteiger partial charge in [0.25, 0.3) is 15.9 Å². The number of amides is 1. The lowest BCUT2D eigenvalue weighted by Crippen LogP contribution is -2.47. The molecule has 0 unspecified atom stereocenters. The second-order valence-corrected chi connectivity index (χ2v) is 12.0. The van der Waals surface area contributed by atoms with E-state index < -0.39 is 10.0 Å². The number of hydrogen-bond acceptors (Lipinski definition) is 5. The maximum atomic E-state index is 12.6. The van der Waals surface area contributed by atoms with Crippen molar-refractivity contribution >= 4 is 33.0 Å². The molecule has 29 heavy (non-hydrogen) atoms. The minimum atomic E-state index is -3.58. The molecular weight excluding hydrogens is 408 g/mol. The van der Waals surface area contributed by atoms with Crippen LogP contribution in [0.15, 0.2) is 46.0 Å². The Hall–Kier alpha value is -2.06. The Morgan fingerprint density at radius 3 is 2.24 bits per heavy atom. The number of rotatable bonds is 8. The number of sulfonamides is 1. The van der Waals surface area contributed by atoms with Crippen LogP contribution in [0.3, 0.4) is 0 Å². The van der Waals surface area contributed by atoms with Crippen LogP contribution in [0.4, 0.5) is 5.69 Å². The van der Waals surface area contributed by atoms with Gasteiger partial charge in [-0.05, 0) is 61.4 Å². The van der Waals surface area contributed by atoms with Crippen molar-refractivity contribution in [2.45, 2.75) is 50.8 Å². The Bertz CT molecular complexity index is 913. The highest BCUT2D eigenvalue weighted by Crippen LogP contribution is 2.28. The molecule has 1 aromatic heterocycles. The molecule has 8 heteroatoms. The lowest BCUT2D eigenvalue weighted by molar-refractivity contribution is -0.125. The fourth-order valence-corrected chi connectivity index (χ4v) is 5.73. The number of hydrogen-bond donors (Lipinski definition) is 1. The summed E-state index contributed by atoms with van der Waals surface area (Å²) in [4.78, 5) is 12.2. The average molecular weight is 439 g/mol. The third-order valence-corrected chi connectivity index (χ3v) is 7.29. The molecule has 0 fully saturated rings. The quantitative estimate of drug-likeness (QED) is 0.667. The average Bonchev–Trinajstić information content (AvgIpc) is 3.12. The molecule has 1 heterocycles. The van der Waals surface area contributed by atoms with Crippen LogP contribution in [0.5, 0.6) is 5.75 Å². The van der Waals surface area contributed by atoms with E-state index in [0.717, 1.165) is 6.42 Å². The van der Waals surface area contributed by atoms with E-state index >= 15 is 0 Å². The Morgan fingerprint density at radius 2 is 1.72 bits per heavy atom. The lowest BCUT2D eigenvalue weighted by Gasteiger charge is -2.33. The second kappa shape index (κ2) is 8.75. The van der Waals surface area contributed by atoms with Crippen molar-refractivity contribution in [1.29, 1.82) is 0 Å². The van der Waals surface area contributed by atoms with Crippen molar-refractivity contribution in [3.05, 3.63) is 41.8 Å². The van der Waals surface area contributed by atoms with Gasteiger partial charge in [0.1, 0.15) is 9.96 Å². The van der Waals surface area contributed by atoms with Gasteiger partial charge in [0.15, 0.2) is 6.61 Å². The Morgan fingerprint density at radius 1 is 1.10 bits per heavy atom. The van der Waals surface area contributed by atoms with E-state index in [1.807, 2.05) is 13.8 Å². The summed E-state index contributed by atoms with van der Waals surface area (Å²) in [6.45, 7) is 10.3. The molecule has 0 aliphatic carbocycles. The zero-order chi connectivity index (χ0) is 21.9. The number of nitrogens with one attached hydrogen (secondary N) is 1. The van der Waals surface area contributed by atoms with Crippen LogP contribution in [-0.4, -0.2) is 33.5 Å². The summed E-state index contributed by atoms with van der Waals surface area (Å²) in [5, 5.41) is 4.73. The molecule has 0 spiro atoms. The van der Waals surface area contributed by atoms with Gasteiger partial charge in [-0.25, -0.2) is 8.42 Å². The first-order chi connectivity index (χ1) is 13.3. The highest BCUT2D eigenvalue weighted by molar-refractivity contribution is 7.94. The number of carbonyl (C=O) groups is 1. The summed E-state index contributed by atoms with van der Waals surface area (Å²) in [7, 11) is -2.07. The Kier molecular flexibility index (Phi) is 7.01. The predicted molar refractivity (Wildman–Crippen MR) is 118 cm³/mol. The van der Waals surface area contributed by atoms with E-state index in [9.17, 15) is 13.2 Å². The molecule has 0 radical (unpaired) electrons. The Labute approximate surface area is 177 Å². The topological polar surface area (TPSA) is 75.7 Å². The van der Waals surface area contributed by atoms with Gasteiger partial charge in [0.05, 0.1) is 5.69 Å². The summed E-state index contributed by atoms with van der Waals surface area (Å²) in [5.41, 5.74) is 0.284. The number of thiophene rings is 1. The first-order valence-corrected chi connectivity index (χ1v) is 11.7. The predicted octanol–water partition coefficient (Wildman–Crippen LogP) is 4.28. The summed E-state index contributed by atoms with van der Waals surface area (Å²) in [6.07, 6.45) is 0.839. The van der Waals surface area contributed by atoms with Gasteiger partial charge in [0, 0.05) is 12.6 Å². The van der Waals surface area contributed by atoms with Crippen molar-refractivity contribution in [3.8, 4) is 5.75 Å². The van der Waals surface area contributed by atoms with Crippen molar-refractivity contribution < 1.29 is 17.9 Å². The molecule has 1 N–H and O–H groups in total. The zero-order valence-electron chi connectivity index (χ0n) is 17.9. The van der Waals surface area contributed by atoms with Crippen LogP contribution >= 0.6 is 11.3 Å². The van der Waals surface area contributed by atoms with Gasteiger partial charge < -0.3 is 10.1 Å². The van der Waals surface area contributed by atoms with Crippen molar-refractivity contribution in [2.75, 3.05) is 18.0 Å². The van der Waals surface area contributed by atoms with Crippen LogP contribution < -0.4 is 14.4 Å². The summed E-state index contributed by atoms with van der Waals surface area (Å²) < 4.78 is 32.2. The monoisotopic (exact) mass is 438 g/mol. The molecule has 0 aliphatic heterocycles. The van der Waals surface area contributed by atoms with E-state index in [1.165, 1.54) is 22.7 Å².